The van der Waals surface area contributed by atoms with Gasteiger partial charge in [-0.05, 0) is 24.7 Å². The van der Waals surface area contributed by atoms with Crippen molar-refractivity contribution in [2.75, 3.05) is 0 Å². The predicted molar refractivity (Wildman–Crippen MR) is 59.2 cm³/mol. The Kier molecular flexibility index (Phi) is 2.66. The first-order valence-electron chi connectivity index (χ1n) is 5.28. The Labute approximate surface area is 87.6 Å². The summed E-state index contributed by atoms with van der Waals surface area (Å²) in [5.41, 5.74) is 0.723. The maximum atomic E-state index is 6.16. The zero-order valence-electron chi connectivity index (χ0n) is 10.2. The molecule has 0 radical (unpaired) electrons. The van der Waals surface area contributed by atoms with Crippen molar-refractivity contribution in [1.29, 1.82) is 0 Å². The van der Waals surface area contributed by atoms with Gasteiger partial charge in [0.05, 0.1) is 0 Å². The lowest BCUT2D eigenvalue weighted by atomic mass is 9.60. The molecule has 0 bridgehead atoms. The van der Waals surface area contributed by atoms with Crippen LogP contribution in [0.1, 0.15) is 41.5 Å². The minimum atomic E-state index is -0.927. The molecule has 0 saturated carbocycles. The summed E-state index contributed by atoms with van der Waals surface area (Å²) in [5.74, 6) is 2.32. The fourth-order valence-corrected chi connectivity index (χ4v) is 5.81. The van der Waals surface area contributed by atoms with Crippen LogP contribution < -0.4 is 0 Å². The van der Waals surface area contributed by atoms with Crippen LogP contribution in [0, 0.1) is 10.8 Å². The first kappa shape index (κ1) is 11.6. The number of rotatable bonds is 0. The normalized spacial score (nSPS) is 30.2. The summed E-state index contributed by atoms with van der Waals surface area (Å²) in [5, 5.41) is 1.30. The van der Waals surface area contributed by atoms with E-state index in [-0.39, 0.29) is 11.0 Å². The van der Waals surface area contributed by atoms with E-state index in [4.69, 9.17) is 3.79 Å². The second kappa shape index (κ2) is 2.99. The molecule has 0 aromatic rings. The third-order valence-corrected chi connectivity index (χ3v) is 7.08. The summed E-state index contributed by atoms with van der Waals surface area (Å²) in [7, 11) is 0. The average Bonchev–Trinajstić information content (AvgIpc) is 1.80. The van der Waals surface area contributed by atoms with Crippen molar-refractivity contribution in [1.82, 2.24) is 0 Å². The van der Waals surface area contributed by atoms with E-state index in [1.165, 1.54) is 5.28 Å². The molecular formula is C11H23AlO. The molecule has 1 fully saturated rings. The SMILES string of the molecule is [CH3][Al]1[CH2]C(C)(C)C(C)(C)C(C)(C)[O]1. The average molecular weight is 198 g/mol. The molecule has 76 valence electrons. The molecule has 1 aliphatic rings. The first-order chi connectivity index (χ1) is 5.60. The van der Waals surface area contributed by atoms with Crippen molar-refractivity contribution < 1.29 is 3.79 Å². The van der Waals surface area contributed by atoms with Gasteiger partial charge in [-0.1, -0.05) is 38.8 Å². The molecule has 0 aliphatic carbocycles. The molecule has 1 heterocycles. The summed E-state index contributed by atoms with van der Waals surface area (Å²) in [4.78, 5) is 0. The molecule has 0 unspecified atom stereocenters. The van der Waals surface area contributed by atoms with Crippen molar-refractivity contribution in [2.24, 2.45) is 10.8 Å². The second-order valence-corrected chi connectivity index (χ2v) is 8.42. The Hall–Kier alpha value is 0.492. The van der Waals surface area contributed by atoms with Crippen LogP contribution in [0.5, 0.6) is 0 Å². The highest BCUT2D eigenvalue weighted by Crippen LogP contribution is 2.54. The maximum Gasteiger partial charge on any atom is 0.458 e. The second-order valence-electron chi connectivity index (χ2n) is 6.15. The maximum absolute atomic E-state index is 6.16. The highest BCUT2D eigenvalue weighted by molar-refractivity contribution is 6.50. The zero-order valence-corrected chi connectivity index (χ0v) is 11.3. The van der Waals surface area contributed by atoms with Crippen LogP contribution in [-0.2, 0) is 3.79 Å². The third-order valence-electron chi connectivity index (χ3n) is 4.49. The van der Waals surface area contributed by atoms with Crippen molar-refractivity contribution in [2.45, 2.75) is 58.2 Å². The van der Waals surface area contributed by atoms with Crippen LogP contribution in [0.15, 0.2) is 0 Å². The van der Waals surface area contributed by atoms with E-state index in [1.54, 1.807) is 0 Å². The fourth-order valence-electron chi connectivity index (χ4n) is 2.48. The minimum absolute atomic E-state index is 0.0421. The van der Waals surface area contributed by atoms with E-state index < -0.39 is 14.5 Å². The van der Waals surface area contributed by atoms with Crippen LogP contribution in [0.25, 0.3) is 0 Å². The van der Waals surface area contributed by atoms with Gasteiger partial charge in [-0.25, -0.2) is 0 Å². The summed E-state index contributed by atoms with van der Waals surface area (Å²) >= 11 is -0.927. The van der Waals surface area contributed by atoms with Gasteiger partial charge in [0, 0.05) is 5.60 Å². The molecule has 0 aromatic carbocycles. The number of hydrogen-bond acceptors (Lipinski definition) is 1. The summed E-state index contributed by atoms with van der Waals surface area (Å²) in [6.07, 6.45) is 0. The van der Waals surface area contributed by atoms with E-state index in [0.29, 0.717) is 5.41 Å². The zero-order chi connectivity index (χ0) is 10.5. The van der Waals surface area contributed by atoms with Gasteiger partial charge in [-0.15, -0.1) is 0 Å². The lowest BCUT2D eigenvalue weighted by molar-refractivity contribution is -0.102. The van der Waals surface area contributed by atoms with Crippen molar-refractivity contribution >= 4 is 14.5 Å². The Morgan fingerprint density at radius 2 is 1.46 bits per heavy atom. The van der Waals surface area contributed by atoms with Crippen LogP contribution in [0.4, 0.5) is 0 Å². The topological polar surface area (TPSA) is 9.23 Å². The van der Waals surface area contributed by atoms with Gasteiger partial charge in [-0.3, -0.25) is 0 Å². The third kappa shape index (κ3) is 1.69. The van der Waals surface area contributed by atoms with Crippen molar-refractivity contribution in [3.05, 3.63) is 0 Å². The molecule has 0 atom stereocenters. The standard InChI is InChI=1S/C10H20O.CH3.Al/c1-8(2,3)9(4,5)10(6,7)11;;/h1H2,2-7H3;1H3;/q-1;;+1. The van der Waals surface area contributed by atoms with E-state index in [9.17, 15) is 0 Å². The molecule has 1 aliphatic heterocycles. The van der Waals surface area contributed by atoms with Gasteiger partial charge in [0.15, 0.2) is 0 Å². The molecular weight excluding hydrogens is 175 g/mol. The van der Waals surface area contributed by atoms with Gasteiger partial charge >= 0.3 is 14.5 Å². The Morgan fingerprint density at radius 1 is 1.00 bits per heavy atom. The molecule has 2 heteroatoms. The van der Waals surface area contributed by atoms with Crippen LogP contribution in [0.3, 0.4) is 0 Å². The minimum Gasteiger partial charge on any atom is -0.496 e. The lowest BCUT2D eigenvalue weighted by Crippen LogP contribution is -2.58. The molecule has 13 heavy (non-hydrogen) atoms. The van der Waals surface area contributed by atoms with E-state index in [1.807, 2.05) is 0 Å². The largest absolute Gasteiger partial charge is 0.496 e. The highest BCUT2D eigenvalue weighted by Gasteiger charge is 2.54. The Bertz CT molecular complexity index is 186. The molecule has 1 rings (SSSR count). The van der Waals surface area contributed by atoms with Crippen LogP contribution in [0.2, 0.25) is 11.1 Å². The lowest BCUT2D eigenvalue weighted by Gasteiger charge is -2.57. The molecule has 0 spiro atoms. The molecule has 1 nitrogen and oxygen atoms in total. The van der Waals surface area contributed by atoms with Crippen LogP contribution >= 0.6 is 0 Å². The molecule has 0 amide bonds. The monoisotopic (exact) mass is 198 g/mol. The quantitative estimate of drug-likeness (QED) is 0.541. The molecule has 0 aromatic heterocycles. The van der Waals surface area contributed by atoms with Gasteiger partial charge < -0.3 is 3.79 Å². The molecule has 0 N–H and O–H groups in total. The highest BCUT2D eigenvalue weighted by atomic mass is 27.2. The predicted octanol–water partition coefficient (Wildman–Crippen LogP) is 3.47. The van der Waals surface area contributed by atoms with Gasteiger partial charge in [0.2, 0.25) is 0 Å². The summed E-state index contributed by atoms with van der Waals surface area (Å²) < 4.78 is 6.16. The van der Waals surface area contributed by atoms with Gasteiger partial charge in [0.25, 0.3) is 0 Å². The summed E-state index contributed by atoms with van der Waals surface area (Å²) in [6.45, 7) is 14.0. The van der Waals surface area contributed by atoms with E-state index in [0.717, 1.165) is 0 Å². The fraction of sp³-hybridized carbons (Fsp3) is 1.00. The van der Waals surface area contributed by atoms with Crippen molar-refractivity contribution in [3.8, 4) is 0 Å². The summed E-state index contributed by atoms with van der Waals surface area (Å²) in [6, 6.07) is 0. The Balaban J connectivity index is 3.03. The van der Waals surface area contributed by atoms with Crippen LogP contribution in [-0.4, -0.2) is 20.1 Å². The first-order valence-corrected chi connectivity index (χ1v) is 7.72. The Morgan fingerprint density at radius 3 is 1.85 bits per heavy atom. The number of hydrogen-bond donors (Lipinski definition) is 0. The van der Waals surface area contributed by atoms with Gasteiger partial charge in [-0.2, -0.15) is 0 Å². The smallest absolute Gasteiger partial charge is 0.458 e. The van der Waals surface area contributed by atoms with E-state index in [2.05, 4.69) is 47.3 Å². The van der Waals surface area contributed by atoms with E-state index >= 15 is 0 Å². The molecule has 1 saturated heterocycles. The van der Waals surface area contributed by atoms with Gasteiger partial charge in [0.1, 0.15) is 0 Å². The van der Waals surface area contributed by atoms with Crippen molar-refractivity contribution in [3.63, 3.8) is 0 Å².